The molecule has 3 aromatic rings. The van der Waals surface area contributed by atoms with Crippen molar-refractivity contribution in [2.24, 2.45) is 0 Å². The summed E-state index contributed by atoms with van der Waals surface area (Å²) in [7, 11) is 0. The molecule has 8 nitrogen and oxygen atoms in total. The number of nitrogens with one attached hydrogen (secondary N) is 3. The fourth-order valence-corrected chi connectivity index (χ4v) is 2.85. The van der Waals surface area contributed by atoms with Gasteiger partial charge < -0.3 is 10.6 Å². The fraction of sp³-hybridized carbons (Fsp3) is 0.188. The van der Waals surface area contributed by atoms with E-state index in [1.54, 1.807) is 18.2 Å². The predicted octanol–water partition coefficient (Wildman–Crippen LogP) is 3.06. The van der Waals surface area contributed by atoms with Crippen molar-refractivity contribution in [3.05, 3.63) is 58.0 Å². The molecule has 132 valence electrons. The molecule has 1 amide bonds. The zero-order chi connectivity index (χ0) is 18.1. The monoisotopic (exact) mass is 389 g/mol. The van der Waals surface area contributed by atoms with Crippen molar-refractivity contribution < 1.29 is 4.79 Å². The Kier molecular flexibility index (Phi) is 4.21. The number of rotatable bonds is 5. The minimum Gasteiger partial charge on any atom is -0.339 e. The molecule has 0 radical (unpaired) electrons. The number of carbonyl (C=O) groups is 1. The van der Waals surface area contributed by atoms with Gasteiger partial charge in [0.15, 0.2) is 5.82 Å². The zero-order valence-corrected chi connectivity index (χ0v) is 14.8. The Morgan fingerprint density at radius 2 is 1.96 bits per heavy atom. The Labute approximate surface area is 158 Å². The number of aromatic nitrogens is 5. The van der Waals surface area contributed by atoms with E-state index in [0.29, 0.717) is 27.3 Å². The predicted molar refractivity (Wildman–Crippen MR) is 96.5 cm³/mol. The molecule has 1 saturated carbocycles. The second-order valence-corrected chi connectivity index (χ2v) is 6.80. The van der Waals surface area contributed by atoms with Gasteiger partial charge in [-0.05, 0) is 43.2 Å². The summed E-state index contributed by atoms with van der Waals surface area (Å²) in [6.07, 6.45) is 2.98. The van der Waals surface area contributed by atoms with Gasteiger partial charge in [-0.15, -0.1) is 10.2 Å². The maximum atomic E-state index is 12.5. The van der Waals surface area contributed by atoms with Crippen molar-refractivity contribution in [2.75, 3.05) is 5.32 Å². The summed E-state index contributed by atoms with van der Waals surface area (Å²) in [4.78, 5) is 16.8. The molecule has 26 heavy (non-hydrogen) atoms. The first-order valence-corrected chi connectivity index (χ1v) is 8.56. The average molecular weight is 390 g/mol. The third-order valence-corrected chi connectivity index (χ3v) is 4.63. The van der Waals surface area contributed by atoms with Crippen LogP contribution < -0.4 is 10.6 Å². The van der Waals surface area contributed by atoms with Gasteiger partial charge in [0, 0.05) is 16.9 Å². The molecule has 0 saturated heterocycles. The summed E-state index contributed by atoms with van der Waals surface area (Å²) in [5.74, 6) is 0.635. The van der Waals surface area contributed by atoms with Crippen LogP contribution in [-0.4, -0.2) is 31.5 Å². The van der Waals surface area contributed by atoms with Crippen molar-refractivity contribution in [2.45, 2.75) is 18.4 Å². The van der Waals surface area contributed by atoms with Crippen molar-refractivity contribution in [1.82, 2.24) is 30.9 Å². The number of hydrogen-bond donors (Lipinski definition) is 3. The molecule has 4 rings (SSSR count). The lowest BCUT2D eigenvalue weighted by Crippen LogP contribution is -2.35. The summed E-state index contributed by atoms with van der Waals surface area (Å²) in [5.41, 5.74) is 0.582. The standard InChI is InChI=1S/C16H13Cl2N7O/c17-10-1-3-11(4-2-10)20-13-12(18)7-9(8-19-13)14(26)21-16(5-6-16)15-22-24-25-23-15/h1-4,7-8H,5-6H2,(H,19,20)(H,21,26)(H,22,23,24,25). The van der Waals surface area contributed by atoms with Crippen LogP contribution >= 0.6 is 23.2 Å². The average Bonchev–Trinajstić information content (AvgIpc) is 3.19. The van der Waals surface area contributed by atoms with Crippen LogP contribution in [0.15, 0.2) is 36.5 Å². The fourth-order valence-electron chi connectivity index (χ4n) is 2.51. The molecule has 1 fully saturated rings. The van der Waals surface area contributed by atoms with E-state index in [4.69, 9.17) is 23.2 Å². The number of aromatic amines is 1. The number of carbonyl (C=O) groups excluding carboxylic acids is 1. The molecule has 10 heteroatoms. The largest absolute Gasteiger partial charge is 0.339 e. The van der Waals surface area contributed by atoms with E-state index in [-0.39, 0.29) is 5.91 Å². The van der Waals surface area contributed by atoms with E-state index >= 15 is 0 Å². The Morgan fingerprint density at radius 1 is 1.19 bits per heavy atom. The number of hydrogen-bond acceptors (Lipinski definition) is 6. The summed E-state index contributed by atoms with van der Waals surface area (Å²) in [6.45, 7) is 0. The zero-order valence-electron chi connectivity index (χ0n) is 13.3. The highest BCUT2D eigenvalue weighted by molar-refractivity contribution is 6.33. The Morgan fingerprint density at radius 3 is 2.58 bits per heavy atom. The van der Waals surface area contributed by atoms with Gasteiger partial charge in [0.2, 0.25) is 0 Å². The quantitative estimate of drug-likeness (QED) is 0.618. The number of halogens is 2. The maximum absolute atomic E-state index is 12.5. The van der Waals surface area contributed by atoms with Crippen LogP contribution in [0.5, 0.6) is 0 Å². The maximum Gasteiger partial charge on any atom is 0.253 e. The smallest absolute Gasteiger partial charge is 0.253 e. The SMILES string of the molecule is O=C(NC1(c2nn[nH]n2)CC1)c1cnc(Nc2ccc(Cl)cc2)c(Cl)c1. The van der Waals surface area contributed by atoms with Crippen molar-refractivity contribution in [3.63, 3.8) is 0 Å². The number of anilines is 2. The van der Waals surface area contributed by atoms with E-state index in [9.17, 15) is 4.79 Å². The van der Waals surface area contributed by atoms with Crippen LogP contribution in [0, 0.1) is 0 Å². The lowest BCUT2D eigenvalue weighted by atomic mass is 10.2. The first-order chi connectivity index (χ1) is 12.6. The number of tetrazole rings is 1. The van der Waals surface area contributed by atoms with Crippen LogP contribution in [0.2, 0.25) is 10.0 Å². The lowest BCUT2D eigenvalue weighted by Gasteiger charge is -2.14. The van der Waals surface area contributed by atoms with Gasteiger partial charge in [0.05, 0.1) is 10.6 Å². The highest BCUT2D eigenvalue weighted by Crippen LogP contribution is 2.43. The van der Waals surface area contributed by atoms with E-state index in [1.807, 2.05) is 12.1 Å². The third kappa shape index (κ3) is 3.33. The second kappa shape index (κ2) is 6.54. The van der Waals surface area contributed by atoms with Gasteiger partial charge in [-0.2, -0.15) is 5.21 Å². The highest BCUT2D eigenvalue weighted by atomic mass is 35.5. The van der Waals surface area contributed by atoms with Gasteiger partial charge in [-0.1, -0.05) is 28.4 Å². The van der Waals surface area contributed by atoms with Crippen LogP contribution in [0.25, 0.3) is 0 Å². The number of H-pyrrole nitrogens is 1. The van der Waals surface area contributed by atoms with Gasteiger partial charge in [0.1, 0.15) is 11.4 Å². The number of benzene rings is 1. The topological polar surface area (TPSA) is 108 Å². The second-order valence-electron chi connectivity index (χ2n) is 5.96. The molecule has 3 N–H and O–H groups in total. The first kappa shape index (κ1) is 16.7. The van der Waals surface area contributed by atoms with Crippen molar-refractivity contribution in [1.29, 1.82) is 0 Å². The van der Waals surface area contributed by atoms with Crippen LogP contribution in [-0.2, 0) is 5.54 Å². The van der Waals surface area contributed by atoms with Gasteiger partial charge in [-0.3, -0.25) is 4.79 Å². The van der Waals surface area contributed by atoms with Gasteiger partial charge in [0.25, 0.3) is 5.91 Å². The lowest BCUT2D eigenvalue weighted by molar-refractivity contribution is 0.0928. The third-order valence-electron chi connectivity index (χ3n) is 4.09. The molecule has 0 bridgehead atoms. The Hall–Kier alpha value is -2.71. The van der Waals surface area contributed by atoms with Gasteiger partial charge >= 0.3 is 0 Å². The minimum absolute atomic E-state index is 0.292. The molecule has 2 aromatic heterocycles. The summed E-state index contributed by atoms with van der Waals surface area (Å²) in [6, 6.07) is 8.69. The van der Waals surface area contributed by atoms with Crippen molar-refractivity contribution >= 4 is 40.6 Å². The van der Waals surface area contributed by atoms with E-state index in [0.717, 1.165) is 18.5 Å². The van der Waals surface area contributed by atoms with Crippen LogP contribution in [0.1, 0.15) is 29.0 Å². The molecule has 1 aromatic carbocycles. The summed E-state index contributed by atoms with van der Waals surface area (Å²) < 4.78 is 0. The van der Waals surface area contributed by atoms with E-state index in [1.165, 1.54) is 6.20 Å². The van der Waals surface area contributed by atoms with Crippen molar-refractivity contribution in [3.8, 4) is 0 Å². The Bertz CT molecular complexity index is 940. The molecule has 0 atom stereocenters. The molecule has 0 spiro atoms. The number of amides is 1. The normalized spacial score (nSPS) is 14.7. The minimum atomic E-state index is -0.559. The van der Waals surface area contributed by atoms with Gasteiger partial charge in [-0.25, -0.2) is 4.98 Å². The molecular formula is C16H13Cl2N7O. The van der Waals surface area contributed by atoms with E-state index in [2.05, 4.69) is 36.2 Å². The van der Waals surface area contributed by atoms with Crippen LogP contribution in [0.4, 0.5) is 11.5 Å². The first-order valence-electron chi connectivity index (χ1n) is 7.80. The molecular weight excluding hydrogens is 377 g/mol. The molecule has 0 unspecified atom stereocenters. The molecule has 1 aliphatic rings. The molecule has 1 aliphatic carbocycles. The number of pyridine rings is 1. The molecule has 0 aliphatic heterocycles. The Balaban J connectivity index is 1.49. The van der Waals surface area contributed by atoms with E-state index < -0.39 is 5.54 Å². The molecule has 2 heterocycles. The summed E-state index contributed by atoms with van der Waals surface area (Å²) >= 11 is 12.1. The number of nitrogens with zero attached hydrogens (tertiary/aromatic N) is 4. The van der Waals surface area contributed by atoms with Crippen LogP contribution in [0.3, 0.4) is 0 Å². The highest BCUT2D eigenvalue weighted by Gasteiger charge is 2.49. The summed E-state index contributed by atoms with van der Waals surface area (Å²) in [5, 5.41) is 20.8.